The molecule has 0 aromatic heterocycles. The summed E-state index contributed by atoms with van der Waals surface area (Å²) in [7, 11) is 0. The van der Waals surface area contributed by atoms with Gasteiger partial charge in [0.15, 0.2) is 0 Å². The molecule has 1 atom stereocenters. The number of hydrogen-bond acceptors (Lipinski definition) is 2. The van der Waals surface area contributed by atoms with Gasteiger partial charge in [0.25, 0.3) is 0 Å². The molecule has 0 aliphatic rings. The Labute approximate surface area is 76.2 Å². The molecule has 0 saturated carbocycles. The Bertz CT molecular complexity index is 104. The predicted octanol–water partition coefficient (Wildman–Crippen LogP) is 1.62. The maximum atomic E-state index is 9.77. The second kappa shape index (κ2) is 5.55. The van der Waals surface area contributed by atoms with Gasteiger partial charge in [-0.05, 0) is 30.7 Å². The first-order valence-corrected chi connectivity index (χ1v) is 4.88. The Morgan fingerprint density at radius 3 is 1.75 bits per heavy atom. The molecule has 0 radical (unpaired) electrons. The molecule has 0 spiro atoms. The van der Waals surface area contributed by atoms with Crippen molar-refractivity contribution in [3.05, 3.63) is 0 Å². The molecular weight excluding hydrogens is 150 g/mol. The third-order valence-corrected chi connectivity index (χ3v) is 2.45. The maximum Gasteiger partial charge on any atom is 0.0585 e. The van der Waals surface area contributed by atoms with Gasteiger partial charge in [-0.15, -0.1) is 0 Å². The first-order chi connectivity index (χ1) is 5.50. The van der Waals surface area contributed by atoms with E-state index in [0.717, 1.165) is 6.42 Å². The molecule has 74 valence electrons. The van der Waals surface area contributed by atoms with Gasteiger partial charge in [0.05, 0.1) is 6.10 Å². The van der Waals surface area contributed by atoms with Gasteiger partial charge in [0, 0.05) is 0 Å². The Morgan fingerprint density at radius 1 is 1.08 bits per heavy atom. The summed E-state index contributed by atoms with van der Waals surface area (Å²) in [6.07, 6.45) is 0.496. The Kier molecular flexibility index (Phi) is 5.51. The molecule has 2 nitrogen and oxygen atoms in total. The van der Waals surface area contributed by atoms with E-state index >= 15 is 0 Å². The number of aliphatic hydroxyl groups is 1. The van der Waals surface area contributed by atoms with E-state index in [9.17, 15) is 5.11 Å². The standard InChI is InChI=1S/C10H23NO/c1-7(2)10(8(3)4)9(12)5-6-11/h7-10,12H,5-6,11H2,1-4H3. The van der Waals surface area contributed by atoms with Crippen LogP contribution in [-0.4, -0.2) is 17.8 Å². The molecule has 0 amide bonds. The molecule has 0 heterocycles. The molecule has 12 heavy (non-hydrogen) atoms. The smallest absolute Gasteiger partial charge is 0.0585 e. The molecule has 0 aromatic rings. The van der Waals surface area contributed by atoms with Crippen LogP contribution in [0.15, 0.2) is 0 Å². The van der Waals surface area contributed by atoms with E-state index in [-0.39, 0.29) is 6.10 Å². The fourth-order valence-electron chi connectivity index (χ4n) is 2.02. The van der Waals surface area contributed by atoms with E-state index in [1.54, 1.807) is 0 Å². The second-order valence-corrected chi connectivity index (χ2v) is 4.21. The summed E-state index contributed by atoms with van der Waals surface area (Å²) in [5.74, 6) is 1.45. The fraction of sp³-hybridized carbons (Fsp3) is 1.00. The molecule has 0 aliphatic carbocycles. The number of aliphatic hydroxyl groups excluding tert-OH is 1. The van der Waals surface area contributed by atoms with Gasteiger partial charge in [-0.1, -0.05) is 27.7 Å². The summed E-state index contributed by atoms with van der Waals surface area (Å²) in [5.41, 5.74) is 5.41. The van der Waals surface area contributed by atoms with Crippen LogP contribution in [0.3, 0.4) is 0 Å². The van der Waals surface area contributed by atoms with Crippen LogP contribution in [0.2, 0.25) is 0 Å². The highest BCUT2D eigenvalue weighted by Gasteiger charge is 2.24. The Morgan fingerprint density at radius 2 is 1.50 bits per heavy atom. The summed E-state index contributed by atoms with van der Waals surface area (Å²) < 4.78 is 0. The molecule has 0 aliphatic heterocycles. The number of hydrogen-bond donors (Lipinski definition) is 2. The van der Waals surface area contributed by atoms with Crippen LogP contribution in [-0.2, 0) is 0 Å². The van der Waals surface area contributed by atoms with Crippen molar-refractivity contribution in [1.29, 1.82) is 0 Å². The fourth-order valence-corrected chi connectivity index (χ4v) is 2.02. The van der Waals surface area contributed by atoms with Crippen LogP contribution in [0, 0.1) is 17.8 Å². The van der Waals surface area contributed by atoms with Crippen LogP contribution in [0.4, 0.5) is 0 Å². The zero-order valence-corrected chi connectivity index (χ0v) is 8.75. The highest BCUT2D eigenvalue weighted by Crippen LogP contribution is 2.25. The van der Waals surface area contributed by atoms with Crippen molar-refractivity contribution >= 4 is 0 Å². The minimum atomic E-state index is -0.227. The topological polar surface area (TPSA) is 46.2 Å². The van der Waals surface area contributed by atoms with Crippen molar-refractivity contribution in [3.63, 3.8) is 0 Å². The van der Waals surface area contributed by atoms with Gasteiger partial charge >= 0.3 is 0 Å². The van der Waals surface area contributed by atoms with E-state index in [2.05, 4.69) is 27.7 Å². The second-order valence-electron chi connectivity index (χ2n) is 4.21. The highest BCUT2D eigenvalue weighted by atomic mass is 16.3. The minimum absolute atomic E-state index is 0.227. The lowest BCUT2D eigenvalue weighted by atomic mass is 9.80. The lowest BCUT2D eigenvalue weighted by molar-refractivity contribution is 0.0486. The van der Waals surface area contributed by atoms with E-state index in [4.69, 9.17) is 5.73 Å². The average molecular weight is 173 g/mol. The average Bonchev–Trinajstić information content (AvgIpc) is 1.85. The van der Waals surface area contributed by atoms with Gasteiger partial charge in [-0.2, -0.15) is 0 Å². The zero-order valence-electron chi connectivity index (χ0n) is 8.75. The summed E-state index contributed by atoms with van der Waals surface area (Å²) >= 11 is 0. The number of nitrogens with two attached hydrogens (primary N) is 1. The van der Waals surface area contributed by atoms with Crippen molar-refractivity contribution in [2.24, 2.45) is 23.5 Å². The first kappa shape index (κ1) is 11.9. The van der Waals surface area contributed by atoms with Crippen LogP contribution in [0.5, 0.6) is 0 Å². The third-order valence-electron chi connectivity index (χ3n) is 2.45. The monoisotopic (exact) mass is 173 g/mol. The van der Waals surface area contributed by atoms with Crippen LogP contribution < -0.4 is 5.73 Å². The summed E-state index contributed by atoms with van der Waals surface area (Å²) in [5, 5.41) is 9.77. The lowest BCUT2D eigenvalue weighted by Crippen LogP contribution is -2.31. The molecular formula is C10H23NO. The van der Waals surface area contributed by atoms with Crippen molar-refractivity contribution in [1.82, 2.24) is 0 Å². The van der Waals surface area contributed by atoms with Gasteiger partial charge in [0.1, 0.15) is 0 Å². The predicted molar refractivity (Wildman–Crippen MR) is 52.8 cm³/mol. The van der Waals surface area contributed by atoms with Crippen molar-refractivity contribution in [2.45, 2.75) is 40.2 Å². The van der Waals surface area contributed by atoms with Gasteiger partial charge < -0.3 is 10.8 Å². The summed E-state index contributed by atoms with van der Waals surface area (Å²) in [6, 6.07) is 0. The molecule has 1 unspecified atom stereocenters. The van der Waals surface area contributed by atoms with Crippen LogP contribution >= 0.6 is 0 Å². The van der Waals surface area contributed by atoms with E-state index in [1.165, 1.54) is 0 Å². The van der Waals surface area contributed by atoms with Crippen molar-refractivity contribution < 1.29 is 5.11 Å². The quantitative estimate of drug-likeness (QED) is 0.663. The lowest BCUT2D eigenvalue weighted by Gasteiger charge is -2.29. The minimum Gasteiger partial charge on any atom is -0.393 e. The first-order valence-electron chi connectivity index (χ1n) is 4.88. The normalized spacial score (nSPS) is 14.8. The SMILES string of the molecule is CC(C)C(C(C)C)C(O)CCN. The molecule has 0 aromatic carbocycles. The van der Waals surface area contributed by atoms with E-state index < -0.39 is 0 Å². The molecule has 0 bridgehead atoms. The largest absolute Gasteiger partial charge is 0.393 e. The zero-order chi connectivity index (χ0) is 9.72. The Hall–Kier alpha value is -0.0800. The van der Waals surface area contributed by atoms with Crippen molar-refractivity contribution in [2.75, 3.05) is 6.54 Å². The van der Waals surface area contributed by atoms with Crippen LogP contribution in [0.25, 0.3) is 0 Å². The molecule has 2 heteroatoms. The Balaban J connectivity index is 4.09. The molecule has 0 saturated heterocycles. The summed E-state index contributed by atoms with van der Waals surface area (Å²) in [4.78, 5) is 0. The van der Waals surface area contributed by atoms with Gasteiger partial charge in [-0.25, -0.2) is 0 Å². The molecule has 0 fully saturated rings. The van der Waals surface area contributed by atoms with Gasteiger partial charge in [-0.3, -0.25) is 0 Å². The van der Waals surface area contributed by atoms with E-state index in [0.29, 0.717) is 24.3 Å². The molecule has 3 N–H and O–H groups in total. The van der Waals surface area contributed by atoms with Gasteiger partial charge in [0.2, 0.25) is 0 Å². The van der Waals surface area contributed by atoms with Crippen LogP contribution in [0.1, 0.15) is 34.1 Å². The third kappa shape index (κ3) is 3.55. The van der Waals surface area contributed by atoms with E-state index in [1.807, 2.05) is 0 Å². The summed E-state index contributed by atoms with van der Waals surface area (Å²) in [6.45, 7) is 9.21. The van der Waals surface area contributed by atoms with Crippen molar-refractivity contribution in [3.8, 4) is 0 Å². The number of rotatable bonds is 5. The maximum absolute atomic E-state index is 9.77. The molecule has 0 rings (SSSR count). The highest BCUT2D eigenvalue weighted by molar-refractivity contribution is 4.74.